The molecule has 0 spiro atoms. The van der Waals surface area contributed by atoms with E-state index < -0.39 is 0 Å². The van der Waals surface area contributed by atoms with Crippen LogP contribution in [0.2, 0.25) is 0 Å². The van der Waals surface area contributed by atoms with Crippen molar-refractivity contribution in [3.05, 3.63) is 97.2 Å². The van der Waals surface area contributed by atoms with Gasteiger partial charge in [0, 0.05) is 23.4 Å². The van der Waals surface area contributed by atoms with Crippen molar-refractivity contribution < 1.29 is 0 Å². The van der Waals surface area contributed by atoms with Crippen molar-refractivity contribution in [3.8, 4) is 22.5 Å². The van der Waals surface area contributed by atoms with E-state index in [-0.39, 0.29) is 0 Å². The SMILES string of the molecule is c1ccc2cc(-c3ccnc4c3nc(-c3ccc5ccccc5c3)n4C3CCNCC3)ccc2c1. The lowest BCUT2D eigenvalue weighted by Gasteiger charge is -2.26. The molecule has 2 aromatic heterocycles. The van der Waals surface area contributed by atoms with Gasteiger partial charge in [0.1, 0.15) is 11.3 Å². The van der Waals surface area contributed by atoms with E-state index in [1.807, 2.05) is 6.20 Å². The van der Waals surface area contributed by atoms with Crippen molar-refractivity contribution in [1.29, 1.82) is 0 Å². The zero-order valence-electron chi connectivity index (χ0n) is 19.5. The van der Waals surface area contributed by atoms with Crippen LogP contribution in [0.1, 0.15) is 18.9 Å². The molecule has 7 rings (SSSR count). The van der Waals surface area contributed by atoms with Gasteiger partial charge in [-0.25, -0.2) is 9.97 Å². The molecule has 1 saturated heterocycles. The molecule has 4 nitrogen and oxygen atoms in total. The van der Waals surface area contributed by atoms with Crippen molar-refractivity contribution in [1.82, 2.24) is 19.9 Å². The number of aromatic nitrogens is 3. The Morgan fingerprint density at radius 1 is 0.686 bits per heavy atom. The second-order valence-electron chi connectivity index (χ2n) is 9.44. The van der Waals surface area contributed by atoms with Crippen LogP contribution < -0.4 is 5.32 Å². The summed E-state index contributed by atoms with van der Waals surface area (Å²) in [6.07, 6.45) is 4.10. The first-order valence-electron chi connectivity index (χ1n) is 12.4. The zero-order chi connectivity index (χ0) is 23.2. The molecule has 1 aliphatic heterocycles. The lowest BCUT2D eigenvalue weighted by atomic mass is 10.0. The van der Waals surface area contributed by atoms with Gasteiger partial charge in [0.25, 0.3) is 0 Å². The van der Waals surface area contributed by atoms with Crippen LogP contribution in [0.4, 0.5) is 0 Å². The molecule has 170 valence electrons. The monoisotopic (exact) mass is 454 g/mol. The molecule has 0 radical (unpaired) electrons. The Hall–Kier alpha value is -4.02. The van der Waals surface area contributed by atoms with Gasteiger partial charge in [-0.2, -0.15) is 0 Å². The number of hydrogen-bond acceptors (Lipinski definition) is 3. The molecule has 0 unspecified atom stereocenters. The highest BCUT2D eigenvalue weighted by atomic mass is 15.2. The van der Waals surface area contributed by atoms with Crippen molar-refractivity contribution in [3.63, 3.8) is 0 Å². The van der Waals surface area contributed by atoms with Gasteiger partial charge in [0.2, 0.25) is 0 Å². The van der Waals surface area contributed by atoms with Crippen molar-refractivity contribution in [2.75, 3.05) is 13.1 Å². The number of nitrogens with zero attached hydrogens (tertiary/aromatic N) is 3. The maximum Gasteiger partial charge on any atom is 0.161 e. The summed E-state index contributed by atoms with van der Waals surface area (Å²) in [5.41, 5.74) is 5.41. The maximum absolute atomic E-state index is 5.30. The number of imidazole rings is 1. The molecule has 0 atom stereocenters. The number of piperidine rings is 1. The van der Waals surface area contributed by atoms with Crippen molar-refractivity contribution in [2.24, 2.45) is 0 Å². The fourth-order valence-electron chi connectivity index (χ4n) is 5.52. The molecule has 1 fully saturated rings. The van der Waals surface area contributed by atoms with E-state index in [4.69, 9.17) is 9.97 Å². The van der Waals surface area contributed by atoms with E-state index in [1.54, 1.807) is 0 Å². The van der Waals surface area contributed by atoms with E-state index in [0.717, 1.165) is 54.0 Å². The summed E-state index contributed by atoms with van der Waals surface area (Å²) in [5, 5.41) is 8.47. The van der Waals surface area contributed by atoms with Gasteiger partial charge >= 0.3 is 0 Å². The first-order chi connectivity index (χ1) is 17.3. The van der Waals surface area contributed by atoms with Crippen LogP contribution in [-0.2, 0) is 0 Å². The summed E-state index contributed by atoms with van der Waals surface area (Å²) in [6.45, 7) is 2.04. The number of rotatable bonds is 3. The minimum absolute atomic E-state index is 0.377. The van der Waals surface area contributed by atoms with Gasteiger partial charge in [0.15, 0.2) is 5.65 Å². The van der Waals surface area contributed by atoms with Crippen LogP contribution in [0.5, 0.6) is 0 Å². The summed E-state index contributed by atoms with van der Waals surface area (Å²) < 4.78 is 2.41. The molecule has 1 aliphatic rings. The van der Waals surface area contributed by atoms with Gasteiger partial charge in [-0.3, -0.25) is 0 Å². The smallest absolute Gasteiger partial charge is 0.161 e. The van der Waals surface area contributed by atoms with Crippen LogP contribution in [0.25, 0.3) is 55.2 Å². The fourth-order valence-corrected chi connectivity index (χ4v) is 5.52. The molecule has 35 heavy (non-hydrogen) atoms. The third-order valence-electron chi connectivity index (χ3n) is 7.32. The Balaban J connectivity index is 1.47. The topological polar surface area (TPSA) is 42.7 Å². The first-order valence-corrected chi connectivity index (χ1v) is 12.4. The average Bonchev–Trinajstić information content (AvgIpc) is 3.33. The minimum Gasteiger partial charge on any atom is -0.317 e. The van der Waals surface area contributed by atoms with Crippen molar-refractivity contribution in [2.45, 2.75) is 18.9 Å². The van der Waals surface area contributed by atoms with Gasteiger partial charge in [-0.1, -0.05) is 72.8 Å². The van der Waals surface area contributed by atoms with E-state index in [9.17, 15) is 0 Å². The van der Waals surface area contributed by atoms with E-state index >= 15 is 0 Å². The lowest BCUT2D eigenvalue weighted by molar-refractivity contribution is 0.376. The second-order valence-corrected chi connectivity index (χ2v) is 9.44. The molecule has 4 heteroatoms. The van der Waals surface area contributed by atoms with Gasteiger partial charge in [-0.15, -0.1) is 0 Å². The molecular formula is C31H26N4. The summed E-state index contributed by atoms with van der Waals surface area (Å²) in [7, 11) is 0. The molecule has 1 N–H and O–H groups in total. The molecule has 4 aromatic carbocycles. The molecular weight excluding hydrogens is 428 g/mol. The van der Waals surface area contributed by atoms with Crippen LogP contribution in [0.15, 0.2) is 97.2 Å². The third kappa shape index (κ3) is 3.49. The Bertz CT molecular complexity index is 1690. The third-order valence-corrected chi connectivity index (χ3v) is 7.32. The Morgan fingerprint density at radius 3 is 2.03 bits per heavy atom. The Labute approximate surface area is 204 Å². The van der Waals surface area contributed by atoms with Crippen LogP contribution >= 0.6 is 0 Å². The highest BCUT2D eigenvalue weighted by Gasteiger charge is 2.24. The number of pyridine rings is 1. The lowest BCUT2D eigenvalue weighted by Crippen LogP contribution is -2.29. The normalized spacial score (nSPS) is 14.7. The van der Waals surface area contributed by atoms with Crippen molar-refractivity contribution >= 4 is 32.7 Å². The van der Waals surface area contributed by atoms with Gasteiger partial charge in [-0.05, 0) is 71.2 Å². The highest BCUT2D eigenvalue weighted by molar-refractivity contribution is 5.96. The van der Waals surface area contributed by atoms with E-state index in [0.29, 0.717) is 6.04 Å². The summed E-state index contributed by atoms with van der Waals surface area (Å²) in [4.78, 5) is 10.2. The summed E-state index contributed by atoms with van der Waals surface area (Å²) in [5.74, 6) is 1.01. The maximum atomic E-state index is 5.30. The molecule has 3 heterocycles. The number of hydrogen-bond donors (Lipinski definition) is 1. The Kier molecular flexibility index (Phi) is 4.85. The summed E-state index contributed by atoms with van der Waals surface area (Å²) >= 11 is 0. The largest absolute Gasteiger partial charge is 0.317 e. The van der Waals surface area contributed by atoms with Gasteiger partial charge in [0.05, 0.1) is 0 Å². The second kappa shape index (κ2) is 8.33. The quantitative estimate of drug-likeness (QED) is 0.313. The number of benzene rings is 4. The highest BCUT2D eigenvalue weighted by Crippen LogP contribution is 2.36. The van der Waals surface area contributed by atoms with Crippen LogP contribution in [-0.4, -0.2) is 27.6 Å². The molecule has 0 amide bonds. The van der Waals surface area contributed by atoms with Crippen LogP contribution in [0.3, 0.4) is 0 Å². The first kappa shape index (κ1) is 20.4. The summed E-state index contributed by atoms with van der Waals surface area (Å²) in [6, 6.07) is 32.9. The molecule has 0 aliphatic carbocycles. The number of fused-ring (bicyclic) bond motifs is 3. The molecule has 6 aromatic rings. The fraction of sp³-hybridized carbons (Fsp3) is 0.161. The predicted molar refractivity (Wildman–Crippen MR) is 145 cm³/mol. The molecule has 0 saturated carbocycles. The number of nitrogens with one attached hydrogen (secondary N) is 1. The predicted octanol–water partition coefficient (Wildman–Crippen LogP) is 7.00. The standard InChI is InChI=1S/C31H26N4/c1-3-7-23-19-25(11-9-21(23)5-1)28-15-18-33-31-29(28)34-30(35(31)27-13-16-32-17-14-27)26-12-10-22-6-2-4-8-24(22)20-26/h1-12,15,18-20,27,32H,13-14,16-17H2. The van der Waals surface area contributed by atoms with Gasteiger partial charge < -0.3 is 9.88 Å². The zero-order valence-corrected chi connectivity index (χ0v) is 19.5. The van der Waals surface area contributed by atoms with E-state index in [2.05, 4.69) is 101 Å². The van der Waals surface area contributed by atoms with Crippen LogP contribution in [0, 0.1) is 0 Å². The minimum atomic E-state index is 0.377. The average molecular weight is 455 g/mol. The van der Waals surface area contributed by atoms with E-state index in [1.165, 1.54) is 27.1 Å². The molecule has 0 bridgehead atoms. The Morgan fingerprint density at radius 2 is 1.31 bits per heavy atom.